The highest BCUT2D eigenvalue weighted by Gasteiger charge is 2.19. The van der Waals surface area contributed by atoms with Gasteiger partial charge in [-0.15, -0.1) is 34.2 Å². The number of nitrogens with zero attached hydrogens (tertiary/aromatic N) is 4. The first kappa shape index (κ1) is 22.4. The summed E-state index contributed by atoms with van der Waals surface area (Å²) in [6.07, 6.45) is 6.19. The fourth-order valence-electron chi connectivity index (χ4n) is 3.33. The predicted octanol–water partition coefficient (Wildman–Crippen LogP) is 1.91. The molecule has 1 aliphatic heterocycles. The number of aliphatic imine (C=N–C) groups is 1. The zero-order valence-electron chi connectivity index (χ0n) is 16.6. The highest BCUT2D eigenvalue weighted by molar-refractivity contribution is 14.0. The van der Waals surface area contributed by atoms with E-state index in [4.69, 9.17) is 14.5 Å². The molecule has 154 valence electrons. The van der Waals surface area contributed by atoms with Gasteiger partial charge in [0.05, 0.1) is 19.3 Å². The number of rotatable bonds is 7. The minimum Gasteiger partial charge on any atom is -0.379 e. The molecule has 2 aliphatic rings. The molecule has 2 N–H and O–H groups in total. The third-order valence-electron chi connectivity index (χ3n) is 5.11. The standard InChI is InChI=1S/C18H32N6O2.HI/c1-13(11-26-16-8-9-25-12-16)20-18(21-15-6-4-5-7-15)19-10-17-23-22-14(2)24(17)3;/h13,15-16H,4-12H2,1-3H3,(H2,19,20,21);1H. The maximum Gasteiger partial charge on any atom is 0.192 e. The van der Waals surface area contributed by atoms with Gasteiger partial charge in [-0.05, 0) is 33.1 Å². The molecule has 0 amide bonds. The van der Waals surface area contributed by atoms with Crippen molar-refractivity contribution in [2.24, 2.45) is 12.0 Å². The predicted molar refractivity (Wildman–Crippen MR) is 115 cm³/mol. The Morgan fingerprint density at radius 3 is 2.74 bits per heavy atom. The molecule has 3 rings (SSSR count). The van der Waals surface area contributed by atoms with Crippen molar-refractivity contribution in [2.45, 2.75) is 70.7 Å². The van der Waals surface area contributed by atoms with Crippen LogP contribution in [0.15, 0.2) is 4.99 Å². The van der Waals surface area contributed by atoms with Gasteiger partial charge in [-0.3, -0.25) is 0 Å². The lowest BCUT2D eigenvalue weighted by Crippen LogP contribution is -2.47. The Kier molecular flexibility index (Phi) is 9.24. The second kappa shape index (κ2) is 11.2. The van der Waals surface area contributed by atoms with Crippen molar-refractivity contribution in [3.63, 3.8) is 0 Å². The van der Waals surface area contributed by atoms with Crippen molar-refractivity contribution in [1.82, 2.24) is 25.4 Å². The molecular weight excluding hydrogens is 459 g/mol. The number of ether oxygens (including phenoxy) is 2. The summed E-state index contributed by atoms with van der Waals surface area (Å²) >= 11 is 0. The zero-order chi connectivity index (χ0) is 18.4. The molecule has 2 atom stereocenters. The van der Waals surface area contributed by atoms with Gasteiger partial charge in [-0.1, -0.05) is 12.8 Å². The number of halogens is 1. The first-order valence-electron chi connectivity index (χ1n) is 9.73. The molecule has 2 fully saturated rings. The molecular formula is C18H33IN6O2. The van der Waals surface area contributed by atoms with E-state index in [1.165, 1.54) is 25.7 Å². The smallest absolute Gasteiger partial charge is 0.192 e. The van der Waals surface area contributed by atoms with E-state index >= 15 is 0 Å². The van der Waals surface area contributed by atoms with E-state index in [0.717, 1.165) is 30.6 Å². The highest BCUT2D eigenvalue weighted by atomic mass is 127. The molecule has 1 aromatic rings. The molecule has 9 heteroatoms. The van der Waals surface area contributed by atoms with Crippen molar-refractivity contribution >= 4 is 29.9 Å². The second-order valence-electron chi connectivity index (χ2n) is 7.38. The molecule has 27 heavy (non-hydrogen) atoms. The van der Waals surface area contributed by atoms with Crippen LogP contribution in [0.2, 0.25) is 0 Å². The maximum absolute atomic E-state index is 5.92. The van der Waals surface area contributed by atoms with E-state index in [2.05, 4.69) is 27.8 Å². The van der Waals surface area contributed by atoms with Gasteiger partial charge in [0, 0.05) is 25.7 Å². The Morgan fingerprint density at radius 1 is 1.33 bits per heavy atom. The lowest BCUT2D eigenvalue weighted by Gasteiger charge is -2.22. The molecule has 1 aliphatic carbocycles. The Labute approximate surface area is 178 Å². The summed E-state index contributed by atoms with van der Waals surface area (Å²) in [5.41, 5.74) is 0. The van der Waals surface area contributed by atoms with Crippen molar-refractivity contribution < 1.29 is 9.47 Å². The van der Waals surface area contributed by atoms with E-state index in [9.17, 15) is 0 Å². The van der Waals surface area contributed by atoms with Crippen LogP contribution in [0, 0.1) is 6.92 Å². The summed E-state index contributed by atoms with van der Waals surface area (Å²) in [5, 5.41) is 15.4. The monoisotopic (exact) mass is 492 g/mol. The molecule has 8 nitrogen and oxygen atoms in total. The van der Waals surface area contributed by atoms with E-state index in [0.29, 0.717) is 25.8 Å². The van der Waals surface area contributed by atoms with Crippen molar-refractivity contribution in [1.29, 1.82) is 0 Å². The highest BCUT2D eigenvalue weighted by Crippen LogP contribution is 2.17. The first-order valence-corrected chi connectivity index (χ1v) is 9.73. The maximum atomic E-state index is 5.92. The SMILES string of the molecule is Cc1nnc(CN=C(NC(C)COC2CCOC2)NC2CCCC2)n1C.I. The third-order valence-corrected chi connectivity index (χ3v) is 5.11. The van der Waals surface area contributed by atoms with Gasteiger partial charge < -0.3 is 24.7 Å². The van der Waals surface area contributed by atoms with Gasteiger partial charge in [0.15, 0.2) is 11.8 Å². The number of aryl methyl sites for hydroxylation is 1. The first-order chi connectivity index (χ1) is 12.6. The van der Waals surface area contributed by atoms with Crippen LogP contribution in [0.1, 0.15) is 50.7 Å². The molecule has 0 radical (unpaired) electrons. The fourth-order valence-corrected chi connectivity index (χ4v) is 3.33. The summed E-state index contributed by atoms with van der Waals surface area (Å²) in [7, 11) is 1.97. The van der Waals surface area contributed by atoms with Gasteiger partial charge in [0.2, 0.25) is 0 Å². The third kappa shape index (κ3) is 6.86. The van der Waals surface area contributed by atoms with Gasteiger partial charge in [0.1, 0.15) is 12.4 Å². The van der Waals surface area contributed by atoms with Crippen LogP contribution in [0.4, 0.5) is 0 Å². The van der Waals surface area contributed by atoms with Crippen LogP contribution < -0.4 is 10.6 Å². The average molecular weight is 492 g/mol. The van der Waals surface area contributed by atoms with Crippen LogP contribution in [-0.4, -0.2) is 58.7 Å². The molecule has 2 unspecified atom stereocenters. The zero-order valence-corrected chi connectivity index (χ0v) is 18.9. The Hall–Kier alpha value is -0.940. The topological polar surface area (TPSA) is 85.6 Å². The summed E-state index contributed by atoms with van der Waals surface area (Å²) in [6, 6.07) is 0.670. The second-order valence-corrected chi connectivity index (χ2v) is 7.38. The molecule has 1 saturated heterocycles. The van der Waals surface area contributed by atoms with E-state index < -0.39 is 0 Å². The number of aromatic nitrogens is 3. The lowest BCUT2D eigenvalue weighted by molar-refractivity contribution is 0.0347. The minimum absolute atomic E-state index is 0. The van der Waals surface area contributed by atoms with Crippen molar-refractivity contribution in [3.8, 4) is 0 Å². The largest absolute Gasteiger partial charge is 0.379 e. The lowest BCUT2D eigenvalue weighted by atomic mass is 10.2. The van der Waals surface area contributed by atoms with Gasteiger partial charge >= 0.3 is 0 Å². The molecule has 0 spiro atoms. The minimum atomic E-state index is 0. The molecule has 1 aromatic heterocycles. The summed E-state index contributed by atoms with van der Waals surface area (Å²) < 4.78 is 13.3. The van der Waals surface area contributed by atoms with Crippen LogP contribution >= 0.6 is 24.0 Å². The van der Waals surface area contributed by atoms with Crippen LogP contribution in [0.3, 0.4) is 0 Å². The molecule has 2 heterocycles. The Morgan fingerprint density at radius 2 is 2.11 bits per heavy atom. The summed E-state index contributed by atoms with van der Waals surface area (Å²) in [4.78, 5) is 4.74. The Bertz CT molecular complexity index is 597. The number of hydrogen-bond donors (Lipinski definition) is 2. The van der Waals surface area contributed by atoms with Crippen LogP contribution in [0.5, 0.6) is 0 Å². The van der Waals surface area contributed by atoms with E-state index in [-0.39, 0.29) is 36.1 Å². The number of nitrogens with one attached hydrogen (secondary N) is 2. The van der Waals surface area contributed by atoms with Gasteiger partial charge in [-0.2, -0.15) is 0 Å². The van der Waals surface area contributed by atoms with Gasteiger partial charge in [-0.25, -0.2) is 4.99 Å². The van der Waals surface area contributed by atoms with E-state index in [1.807, 2.05) is 18.5 Å². The van der Waals surface area contributed by atoms with Crippen LogP contribution in [-0.2, 0) is 23.1 Å². The molecule has 1 saturated carbocycles. The van der Waals surface area contributed by atoms with Crippen LogP contribution in [0.25, 0.3) is 0 Å². The van der Waals surface area contributed by atoms with Crippen molar-refractivity contribution in [2.75, 3.05) is 19.8 Å². The Balaban J connectivity index is 0.00000261. The molecule has 0 aromatic carbocycles. The normalized spacial score (nSPS) is 21.9. The molecule has 0 bridgehead atoms. The average Bonchev–Trinajstić information content (AvgIpc) is 3.37. The number of hydrogen-bond acceptors (Lipinski definition) is 5. The summed E-state index contributed by atoms with van der Waals surface area (Å²) in [5.74, 6) is 2.59. The van der Waals surface area contributed by atoms with Crippen molar-refractivity contribution in [3.05, 3.63) is 11.6 Å². The van der Waals surface area contributed by atoms with E-state index in [1.54, 1.807) is 0 Å². The quantitative estimate of drug-likeness (QED) is 0.344. The fraction of sp³-hybridized carbons (Fsp3) is 0.833. The number of guanidine groups is 1. The summed E-state index contributed by atoms with van der Waals surface area (Å²) in [6.45, 7) is 6.72. The van der Waals surface area contributed by atoms with Gasteiger partial charge in [0.25, 0.3) is 0 Å².